The van der Waals surface area contributed by atoms with E-state index in [4.69, 9.17) is 32.7 Å². The van der Waals surface area contributed by atoms with Crippen LogP contribution in [0.5, 0.6) is 11.5 Å². The van der Waals surface area contributed by atoms with Gasteiger partial charge in [-0.2, -0.15) is 0 Å². The molecule has 0 unspecified atom stereocenters. The lowest BCUT2D eigenvalue weighted by molar-refractivity contribution is -0.133. The van der Waals surface area contributed by atoms with Crippen molar-refractivity contribution in [1.29, 1.82) is 0 Å². The number of carbonyl (C=O) groups excluding carboxylic acids is 2. The molecular weight excluding hydrogens is 369 g/mol. The molecule has 2 heterocycles. The second-order valence-corrected chi connectivity index (χ2v) is 6.64. The van der Waals surface area contributed by atoms with Gasteiger partial charge in [0.25, 0.3) is 5.91 Å². The minimum Gasteiger partial charge on any atom is -0.454 e. The van der Waals surface area contributed by atoms with Gasteiger partial charge in [0.05, 0.1) is 17.1 Å². The highest BCUT2D eigenvalue weighted by Crippen LogP contribution is 2.45. The second kappa shape index (κ2) is 5.62. The molecule has 0 radical (unpaired) electrons. The zero-order valence-corrected chi connectivity index (χ0v) is 14.1. The third kappa shape index (κ3) is 2.54. The molecule has 2 aliphatic rings. The molecule has 2 N–H and O–H groups in total. The van der Waals surface area contributed by atoms with Gasteiger partial charge in [-0.15, -0.1) is 0 Å². The number of Topliss-reactive ketones (excluding diaryl/α,β-unsaturated/α-hetero) is 1. The van der Waals surface area contributed by atoms with Gasteiger partial charge < -0.3 is 19.9 Å². The van der Waals surface area contributed by atoms with Crippen molar-refractivity contribution in [2.75, 3.05) is 12.1 Å². The van der Waals surface area contributed by atoms with Gasteiger partial charge in [0.1, 0.15) is 0 Å². The number of ether oxygens (including phenoxy) is 2. The molecule has 1 amide bonds. The van der Waals surface area contributed by atoms with E-state index in [1.807, 2.05) is 0 Å². The highest BCUT2D eigenvalue weighted by atomic mass is 35.5. The minimum absolute atomic E-state index is 0.0864. The van der Waals surface area contributed by atoms with Crippen LogP contribution in [0.25, 0.3) is 0 Å². The van der Waals surface area contributed by atoms with Crippen molar-refractivity contribution in [2.45, 2.75) is 12.0 Å². The zero-order chi connectivity index (χ0) is 17.8. The molecule has 6 nitrogen and oxygen atoms in total. The highest BCUT2D eigenvalue weighted by Gasteiger charge is 2.48. The average Bonchev–Trinajstić information content (AvgIpc) is 3.09. The third-order valence-corrected chi connectivity index (χ3v) is 4.72. The fourth-order valence-corrected chi connectivity index (χ4v) is 3.65. The van der Waals surface area contributed by atoms with Gasteiger partial charge in [0, 0.05) is 16.1 Å². The van der Waals surface area contributed by atoms with Crippen molar-refractivity contribution in [3.8, 4) is 11.5 Å². The summed E-state index contributed by atoms with van der Waals surface area (Å²) < 4.78 is 10.4. The highest BCUT2D eigenvalue weighted by molar-refractivity contribution is 6.36. The topological polar surface area (TPSA) is 84.9 Å². The number of aliphatic hydroxyl groups is 1. The molecule has 2 aromatic rings. The molecule has 4 rings (SSSR count). The van der Waals surface area contributed by atoms with E-state index < -0.39 is 23.7 Å². The van der Waals surface area contributed by atoms with Crippen LogP contribution in [0.1, 0.15) is 22.3 Å². The first-order chi connectivity index (χ1) is 11.9. The van der Waals surface area contributed by atoms with Gasteiger partial charge in [0.2, 0.25) is 6.79 Å². The molecule has 0 aliphatic carbocycles. The summed E-state index contributed by atoms with van der Waals surface area (Å²) in [6, 6.07) is 7.57. The van der Waals surface area contributed by atoms with Crippen LogP contribution < -0.4 is 14.8 Å². The SMILES string of the molecule is O=C(C[C@]1(O)C(=O)Nc2cc(Cl)cc(Cl)c21)c1ccc2c(c1)OCO2. The summed E-state index contributed by atoms with van der Waals surface area (Å²) in [7, 11) is 0. The van der Waals surface area contributed by atoms with Gasteiger partial charge in [0.15, 0.2) is 22.9 Å². The Morgan fingerprint density at radius 3 is 2.76 bits per heavy atom. The number of halogens is 2. The molecule has 0 spiro atoms. The summed E-state index contributed by atoms with van der Waals surface area (Å²) >= 11 is 12.1. The van der Waals surface area contributed by atoms with E-state index in [2.05, 4.69) is 5.32 Å². The van der Waals surface area contributed by atoms with Gasteiger partial charge in [-0.05, 0) is 30.3 Å². The number of anilines is 1. The van der Waals surface area contributed by atoms with Crippen LogP contribution >= 0.6 is 23.2 Å². The van der Waals surface area contributed by atoms with E-state index in [1.54, 1.807) is 12.1 Å². The van der Waals surface area contributed by atoms with Gasteiger partial charge in [-0.1, -0.05) is 23.2 Å². The summed E-state index contributed by atoms with van der Waals surface area (Å²) in [6.45, 7) is 0.0864. The van der Waals surface area contributed by atoms with Crippen LogP contribution in [0.4, 0.5) is 5.69 Å². The molecule has 0 fully saturated rings. The first kappa shape index (κ1) is 16.2. The van der Waals surface area contributed by atoms with E-state index >= 15 is 0 Å². The number of carbonyl (C=O) groups is 2. The molecule has 25 heavy (non-hydrogen) atoms. The predicted octanol–water partition coefficient (Wildman–Crippen LogP) is 3.13. The molecule has 0 saturated carbocycles. The normalized spacial score (nSPS) is 20.4. The standard InChI is InChI=1S/C17H11Cl2NO5/c18-9-4-10(19)15-11(5-9)20-16(22)17(15,23)6-12(21)8-1-2-13-14(3-8)25-7-24-13/h1-5,23H,6-7H2,(H,20,22)/t17-/m1/s1. The number of benzene rings is 2. The fraction of sp³-hybridized carbons (Fsp3) is 0.176. The number of fused-ring (bicyclic) bond motifs is 2. The Labute approximate surface area is 152 Å². The summed E-state index contributed by atoms with van der Waals surface area (Å²) in [5.74, 6) is -0.175. The largest absolute Gasteiger partial charge is 0.454 e. The summed E-state index contributed by atoms with van der Waals surface area (Å²) in [4.78, 5) is 24.9. The first-order valence-electron chi connectivity index (χ1n) is 7.35. The Kier molecular flexibility index (Phi) is 3.64. The maximum Gasteiger partial charge on any atom is 0.261 e. The first-order valence-corrected chi connectivity index (χ1v) is 8.10. The number of rotatable bonds is 3. The summed E-state index contributed by atoms with van der Waals surface area (Å²) in [5.41, 5.74) is -1.32. The van der Waals surface area contributed by atoms with Crippen molar-refractivity contribution < 1.29 is 24.2 Å². The van der Waals surface area contributed by atoms with Crippen molar-refractivity contribution in [3.05, 3.63) is 51.5 Å². The van der Waals surface area contributed by atoms with Crippen molar-refractivity contribution in [2.24, 2.45) is 0 Å². The molecule has 128 valence electrons. The zero-order valence-electron chi connectivity index (χ0n) is 12.6. The van der Waals surface area contributed by atoms with Crippen molar-refractivity contribution in [3.63, 3.8) is 0 Å². The van der Waals surface area contributed by atoms with Crippen LogP contribution in [0, 0.1) is 0 Å². The van der Waals surface area contributed by atoms with Crippen LogP contribution in [0.15, 0.2) is 30.3 Å². The van der Waals surface area contributed by atoms with Crippen molar-refractivity contribution >= 4 is 40.6 Å². The van der Waals surface area contributed by atoms with Crippen LogP contribution in [0.2, 0.25) is 10.0 Å². The Morgan fingerprint density at radius 2 is 1.96 bits per heavy atom. The number of ketones is 1. The van der Waals surface area contributed by atoms with E-state index in [1.165, 1.54) is 18.2 Å². The maximum atomic E-state index is 12.6. The number of nitrogens with one attached hydrogen (secondary N) is 1. The van der Waals surface area contributed by atoms with Gasteiger partial charge >= 0.3 is 0 Å². The predicted molar refractivity (Wildman–Crippen MR) is 90.5 cm³/mol. The molecular formula is C17H11Cl2NO5. The Hall–Kier alpha value is -2.28. The molecule has 1 atom stereocenters. The fourth-order valence-electron chi connectivity index (χ4n) is 3.00. The second-order valence-electron chi connectivity index (χ2n) is 5.79. The molecule has 8 heteroatoms. The lowest BCUT2D eigenvalue weighted by atomic mass is 9.88. The summed E-state index contributed by atoms with van der Waals surface area (Å²) in [6.07, 6.45) is -0.465. The van der Waals surface area contributed by atoms with Crippen LogP contribution in [-0.4, -0.2) is 23.6 Å². The summed E-state index contributed by atoms with van der Waals surface area (Å²) in [5, 5.41) is 13.8. The quantitative estimate of drug-likeness (QED) is 0.800. The Bertz CT molecular complexity index is 929. The van der Waals surface area contributed by atoms with Crippen LogP contribution in [-0.2, 0) is 10.4 Å². The molecule has 0 bridgehead atoms. The number of amides is 1. The van der Waals surface area contributed by atoms with Gasteiger partial charge in [-0.3, -0.25) is 9.59 Å². The van der Waals surface area contributed by atoms with E-state index in [-0.39, 0.29) is 17.4 Å². The smallest absolute Gasteiger partial charge is 0.261 e. The van der Waals surface area contributed by atoms with E-state index in [0.29, 0.717) is 27.8 Å². The lowest BCUT2D eigenvalue weighted by Crippen LogP contribution is -2.36. The molecule has 2 aromatic carbocycles. The maximum absolute atomic E-state index is 12.6. The number of hydrogen-bond acceptors (Lipinski definition) is 5. The van der Waals surface area contributed by atoms with Crippen LogP contribution in [0.3, 0.4) is 0 Å². The van der Waals surface area contributed by atoms with Gasteiger partial charge in [-0.25, -0.2) is 0 Å². The molecule has 0 aromatic heterocycles. The Morgan fingerprint density at radius 1 is 1.20 bits per heavy atom. The number of hydrogen-bond donors (Lipinski definition) is 2. The van der Waals surface area contributed by atoms with Crippen molar-refractivity contribution in [1.82, 2.24) is 0 Å². The van der Waals surface area contributed by atoms with E-state index in [0.717, 1.165) is 0 Å². The average molecular weight is 380 g/mol. The monoisotopic (exact) mass is 379 g/mol. The minimum atomic E-state index is -2.07. The lowest BCUT2D eigenvalue weighted by Gasteiger charge is -2.21. The molecule has 0 saturated heterocycles. The Balaban J connectivity index is 1.69. The van der Waals surface area contributed by atoms with E-state index in [9.17, 15) is 14.7 Å². The molecule has 2 aliphatic heterocycles. The third-order valence-electron chi connectivity index (χ3n) is 4.20.